The van der Waals surface area contributed by atoms with Crippen LogP contribution in [-0.2, 0) is 18.2 Å². The summed E-state index contributed by atoms with van der Waals surface area (Å²) < 4.78 is 12.8. The van der Waals surface area contributed by atoms with Gasteiger partial charge in [0.05, 0.1) is 11.8 Å². The molecule has 1 atom stereocenters. The van der Waals surface area contributed by atoms with Crippen LogP contribution in [0.2, 0.25) is 0 Å². The number of hydrogen-bond donors (Lipinski definition) is 0. The number of aromatic nitrogens is 2. The predicted octanol–water partition coefficient (Wildman–Crippen LogP) is 1.87. The van der Waals surface area contributed by atoms with Crippen molar-refractivity contribution in [1.29, 1.82) is 0 Å². The summed E-state index contributed by atoms with van der Waals surface area (Å²) in [6.45, 7) is 0.438. The summed E-state index contributed by atoms with van der Waals surface area (Å²) in [6.07, 6.45) is 3.35. The van der Waals surface area contributed by atoms with E-state index in [0.717, 1.165) is 17.7 Å². The first-order chi connectivity index (χ1) is 9.71. The lowest BCUT2D eigenvalue weighted by Gasteiger charge is -2.15. The van der Waals surface area contributed by atoms with E-state index >= 15 is 0 Å². The lowest BCUT2D eigenvalue weighted by atomic mass is 10.2. The molecule has 1 aromatic heterocycles. The Hall–Kier alpha value is -2.14. The number of aryl methyl sites for hydroxylation is 1. The van der Waals surface area contributed by atoms with Gasteiger partial charge in [0.25, 0.3) is 0 Å². The van der Waals surface area contributed by atoms with Crippen LogP contribution in [0.4, 0.5) is 0 Å². The summed E-state index contributed by atoms with van der Waals surface area (Å²) in [5.74, 6) is 0.721. The summed E-state index contributed by atoms with van der Waals surface area (Å²) in [5, 5.41) is 4.32. The number of benzene rings is 1. The van der Waals surface area contributed by atoms with Gasteiger partial charge < -0.3 is 9.47 Å². The second-order valence-corrected chi connectivity index (χ2v) is 4.54. The first kappa shape index (κ1) is 14.3. The molecule has 0 aliphatic carbocycles. The van der Waals surface area contributed by atoms with Crippen LogP contribution in [0.15, 0.2) is 36.5 Å². The largest absolute Gasteiger partial charge is 0.491 e. The Balaban J connectivity index is 1.87. The zero-order valence-corrected chi connectivity index (χ0v) is 11.7. The van der Waals surface area contributed by atoms with Crippen LogP contribution in [-0.4, -0.2) is 35.9 Å². The molecule has 0 fully saturated rings. The third-order valence-electron chi connectivity index (χ3n) is 2.99. The monoisotopic (exact) mass is 274 g/mol. The molecule has 1 aromatic carbocycles. The molecule has 0 saturated carbocycles. The Bertz CT molecular complexity index is 549. The topological polar surface area (TPSA) is 53.4 Å². The summed E-state index contributed by atoms with van der Waals surface area (Å²) in [6, 6.07) is 8.96. The van der Waals surface area contributed by atoms with Gasteiger partial charge in [0.2, 0.25) is 0 Å². The molecule has 0 aliphatic heterocycles. The lowest BCUT2D eigenvalue weighted by molar-refractivity contribution is 0.0577. The Morgan fingerprint density at radius 2 is 2.05 bits per heavy atom. The first-order valence-corrected chi connectivity index (χ1v) is 6.40. The molecule has 5 heteroatoms. The Morgan fingerprint density at radius 1 is 1.30 bits per heavy atom. The first-order valence-electron chi connectivity index (χ1n) is 6.40. The van der Waals surface area contributed by atoms with E-state index in [-0.39, 0.29) is 6.10 Å². The van der Waals surface area contributed by atoms with E-state index in [2.05, 4.69) is 5.10 Å². The van der Waals surface area contributed by atoms with Crippen molar-refractivity contribution >= 4 is 6.29 Å². The van der Waals surface area contributed by atoms with Crippen LogP contribution in [0.3, 0.4) is 0 Å². The van der Waals surface area contributed by atoms with Gasteiger partial charge in [-0.25, -0.2) is 0 Å². The molecule has 0 saturated heterocycles. The number of rotatable bonds is 7. The van der Waals surface area contributed by atoms with Crippen LogP contribution in [0.25, 0.3) is 0 Å². The maximum Gasteiger partial charge on any atom is 0.150 e. The quantitative estimate of drug-likeness (QED) is 0.723. The highest BCUT2D eigenvalue weighted by Gasteiger charge is 2.11. The molecule has 5 nitrogen and oxygen atoms in total. The average Bonchev–Trinajstić information content (AvgIpc) is 2.89. The molecular weight excluding hydrogens is 256 g/mol. The van der Waals surface area contributed by atoms with Gasteiger partial charge in [-0.15, -0.1) is 0 Å². The molecule has 20 heavy (non-hydrogen) atoms. The van der Waals surface area contributed by atoms with Crippen LogP contribution < -0.4 is 4.74 Å². The van der Waals surface area contributed by atoms with Crippen molar-refractivity contribution in [2.75, 3.05) is 13.7 Å². The lowest BCUT2D eigenvalue weighted by Crippen LogP contribution is -2.23. The number of carbonyl (C=O) groups excluding carboxylic acids is 1. The van der Waals surface area contributed by atoms with Crippen molar-refractivity contribution < 1.29 is 14.3 Å². The fraction of sp³-hybridized carbons (Fsp3) is 0.333. The minimum Gasteiger partial charge on any atom is -0.491 e. The highest BCUT2D eigenvalue weighted by Crippen LogP contribution is 2.12. The van der Waals surface area contributed by atoms with Crippen LogP contribution in [0, 0.1) is 0 Å². The van der Waals surface area contributed by atoms with E-state index in [1.165, 1.54) is 0 Å². The molecule has 106 valence electrons. The number of hydrogen-bond acceptors (Lipinski definition) is 4. The summed E-state index contributed by atoms with van der Waals surface area (Å²) in [4.78, 5) is 10.6. The van der Waals surface area contributed by atoms with E-state index < -0.39 is 0 Å². The molecule has 1 unspecified atom stereocenters. The molecule has 1 heterocycles. The molecule has 0 bridgehead atoms. The predicted molar refractivity (Wildman–Crippen MR) is 75.0 cm³/mol. The Kier molecular flexibility index (Phi) is 4.90. The van der Waals surface area contributed by atoms with Crippen LogP contribution in [0.1, 0.15) is 16.1 Å². The second-order valence-electron chi connectivity index (χ2n) is 4.54. The fourth-order valence-corrected chi connectivity index (χ4v) is 1.85. The highest BCUT2D eigenvalue weighted by molar-refractivity contribution is 5.74. The average molecular weight is 274 g/mol. The number of nitrogens with zero attached hydrogens (tertiary/aromatic N) is 2. The Labute approximate surface area is 118 Å². The molecular formula is C15H18N2O3. The minimum atomic E-state index is -0.0596. The van der Waals surface area contributed by atoms with Crippen LogP contribution in [0.5, 0.6) is 5.75 Å². The van der Waals surface area contributed by atoms with E-state index in [9.17, 15) is 4.79 Å². The third kappa shape index (κ3) is 3.93. The van der Waals surface area contributed by atoms with Gasteiger partial charge >= 0.3 is 0 Å². The van der Waals surface area contributed by atoms with E-state index in [1.54, 1.807) is 36.1 Å². The van der Waals surface area contributed by atoms with Crippen molar-refractivity contribution in [2.24, 2.45) is 7.05 Å². The minimum absolute atomic E-state index is 0.0596. The standard InChI is InChI=1S/C15H18N2O3/c1-17-8-7-13(16-17)9-15(19-2)11-20-14-5-3-12(10-18)4-6-14/h3-8,10,15H,9,11H2,1-2H3. The van der Waals surface area contributed by atoms with Crippen molar-refractivity contribution in [1.82, 2.24) is 9.78 Å². The third-order valence-corrected chi connectivity index (χ3v) is 2.99. The van der Waals surface area contributed by atoms with Gasteiger partial charge in [0, 0.05) is 32.3 Å². The number of carbonyl (C=O) groups is 1. The van der Waals surface area contributed by atoms with Gasteiger partial charge in [0.15, 0.2) is 0 Å². The molecule has 0 spiro atoms. The summed E-state index contributed by atoms with van der Waals surface area (Å²) in [5.41, 5.74) is 1.60. The SMILES string of the molecule is COC(COc1ccc(C=O)cc1)Cc1ccn(C)n1. The zero-order valence-electron chi connectivity index (χ0n) is 11.7. The maximum absolute atomic E-state index is 10.6. The van der Waals surface area contributed by atoms with Crippen molar-refractivity contribution in [3.63, 3.8) is 0 Å². The van der Waals surface area contributed by atoms with Gasteiger partial charge in [-0.05, 0) is 30.3 Å². The Morgan fingerprint density at radius 3 is 2.60 bits per heavy atom. The molecule has 0 aliphatic rings. The van der Waals surface area contributed by atoms with Crippen molar-refractivity contribution in [3.8, 4) is 5.75 Å². The van der Waals surface area contributed by atoms with Crippen molar-refractivity contribution in [3.05, 3.63) is 47.8 Å². The number of aldehydes is 1. The second kappa shape index (κ2) is 6.86. The zero-order chi connectivity index (χ0) is 14.4. The van der Waals surface area contributed by atoms with Gasteiger partial charge in [-0.1, -0.05) is 0 Å². The molecule has 0 amide bonds. The normalized spacial score (nSPS) is 12.1. The fourth-order valence-electron chi connectivity index (χ4n) is 1.85. The van der Waals surface area contributed by atoms with Crippen LogP contribution >= 0.6 is 0 Å². The van der Waals surface area contributed by atoms with E-state index in [4.69, 9.17) is 9.47 Å². The summed E-state index contributed by atoms with van der Waals surface area (Å²) in [7, 11) is 3.54. The molecule has 0 N–H and O–H groups in total. The highest BCUT2D eigenvalue weighted by atomic mass is 16.5. The number of methoxy groups -OCH3 is 1. The van der Waals surface area contributed by atoms with E-state index in [1.807, 2.05) is 19.3 Å². The van der Waals surface area contributed by atoms with Gasteiger partial charge in [-0.2, -0.15) is 5.10 Å². The maximum atomic E-state index is 10.6. The van der Waals surface area contributed by atoms with Gasteiger partial charge in [0.1, 0.15) is 18.6 Å². The van der Waals surface area contributed by atoms with Crippen molar-refractivity contribution in [2.45, 2.75) is 12.5 Å². The van der Waals surface area contributed by atoms with E-state index in [0.29, 0.717) is 18.6 Å². The molecule has 2 aromatic rings. The molecule has 2 rings (SSSR count). The summed E-state index contributed by atoms with van der Waals surface area (Å²) >= 11 is 0. The van der Waals surface area contributed by atoms with Gasteiger partial charge in [-0.3, -0.25) is 9.48 Å². The molecule has 0 radical (unpaired) electrons. The smallest absolute Gasteiger partial charge is 0.150 e. The number of ether oxygens (including phenoxy) is 2.